The molecule has 1 aliphatic rings. The van der Waals surface area contributed by atoms with Gasteiger partial charge in [0.1, 0.15) is 0 Å². The Bertz CT molecular complexity index is 250. The molecule has 0 aliphatic carbocycles. The highest BCUT2D eigenvalue weighted by atomic mass is 32.2. The molecule has 0 spiro atoms. The molecular weight excluding hydrogens is 198 g/mol. The van der Waals surface area contributed by atoms with E-state index in [-0.39, 0.29) is 0 Å². The molecule has 3 heteroatoms. The van der Waals surface area contributed by atoms with Gasteiger partial charge in [-0.15, -0.1) is 0 Å². The number of rotatable bonds is 3. The van der Waals surface area contributed by atoms with Gasteiger partial charge in [0.15, 0.2) is 0 Å². The molecule has 0 bridgehead atoms. The Morgan fingerprint density at radius 1 is 1.54 bits per heavy atom. The first kappa shape index (κ1) is 9.56. The molecule has 0 radical (unpaired) electrons. The Balaban J connectivity index is 2.06. The van der Waals surface area contributed by atoms with Gasteiger partial charge in [-0.3, -0.25) is 0 Å². The molecule has 1 aliphatic heterocycles. The van der Waals surface area contributed by atoms with Gasteiger partial charge in [0.2, 0.25) is 0 Å². The highest BCUT2D eigenvalue weighted by molar-refractivity contribution is 8.00. The van der Waals surface area contributed by atoms with Gasteiger partial charge in [-0.2, -0.15) is 23.1 Å². The van der Waals surface area contributed by atoms with Crippen molar-refractivity contribution in [3.63, 3.8) is 0 Å². The van der Waals surface area contributed by atoms with Gasteiger partial charge in [-0.25, -0.2) is 0 Å². The van der Waals surface area contributed by atoms with E-state index in [9.17, 15) is 0 Å². The van der Waals surface area contributed by atoms with Crippen LogP contribution in [0.3, 0.4) is 0 Å². The molecule has 72 valence electrons. The standard InChI is InChI=1S/C10H15NS2/c11-8-10(3-1-4-13-10)6-9-2-5-12-7-9/h2,5,7H,1,3-4,6,8,11H2. The highest BCUT2D eigenvalue weighted by Crippen LogP contribution is 2.40. The van der Waals surface area contributed by atoms with E-state index in [1.165, 1.54) is 24.2 Å². The lowest BCUT2D eigenvalue weighted by molar-refractivity contribution is 0.565. The molecule has 2 N–H and O–H groups in total. The van der Waals surface area contributed by atoms with Gasteiger partial charge in [0, 0.05) is 11.3 Å². The van der Waals surface area contributed by atoms with E-state index in [2.05, 4.69) is 28.6 Å². The van der Waals surface area contributed by atoms with Crippen molar-refractivity contribution in [3.8, 4) is 0 Å². The third-order valence-electron chi connectivity index (χ3n) is 2.66. The number of hydrogen-bond acceptors (Lipinski definition) is 3. The molecule has 1 atom stereocenters. The maximum atomic E-state index is 5.87. The van der Waals surface area contributed by atoms with Crippen LogP contribution in [0.5, 0.6) is 0 Å². The van der Waals surface area contributed by atoms with Crippen molar-refractivity contribution in [2.24, 2.45) is 5.73 Å². The van der Waals surface area contributed by atoms with E-state index in [0.29, 0.717) is 4.75 Å². The summed E-state index contributed by atoms with van der Waals surface area (Å²) in [5.41, 5.74) is 7.33. The normalized spacial score (nSPS) is 28.1. The van der Waals surface area contributed by atoms with E-state index in [4.69, 9.17) is 5.73 Å². The fourth-order valence-corrected chi connectivity index (χ4v) is 3.96. The maximum Gasteiger partial charge on any atom is 0.0323 e. The summed E-state index contributed by atoms with van der Waals surface area (Å²) in [5, 5.41) is 4.40. The summed E-state index contributed by atoms with van der Waals surface area (Å²) in [6.07, 6.45) is 3.80. The number of hydrogen-bond donors (Lipinski definition) is 1. The van der Waals surface area contributed by atoms with Crippen LogP contribution in [0.4, 0.5) is 0 Å². The van der Waals surface area contributed by atoms with Crippen molar-refractivity contribution in [2.45, 2.75) is 24.0 Å². The lowest BCUT2D eigenvalue weighted by atomic mass is 9.96. The SMILES string of the molecule is NCC1(Cc2ccsc2)CCCS1. The Hall–Kier alpha value is 0.01000. The predicted molar refractivity (Wildman–Crippen MR) is 61.5 cm³/mol. The molecule has 1 nitrogen and oxygen atoms in total. The monoisotopic (exact) mass is 213 g/mol. The minimum absolute atomic E-state index is 0.362. The quantitative estimate of drug-likeness (QED) is 0.835. The van der Waals surface area contributed by atoms with Gasteiger partial charge >= 0.3 is 0 Å². The van der Waals surface area contributed by atoms with Crippen molar-refractivity contribution in [2.75, 3.05) is 12.3 Å². The topological polar surface area (TPSA) is 26.0 Å². The Morgan fingerprint density at radius 2 is 2.46 bits per heavy atom. The first-order chi connectivity index (χ1) is 6.35. The van der Waals surface area contributed by atoms with Gasteiger partial charge in [0.05, 0.1) is 0 Å². The van der Waals surface area contributed by atoms with Gasteiger partial charge in [0.25, 0.3) is 0 Å². The van der Waals surface area contributed by atoms with E-state index < -0.39 is 0 Å². The fraction of sp³-hybridized carbons (Fsp3) is 0.600. The van der Waals surface area contributed by atoms with Crippen LogP contribution in [-0.2, 0) is 6.42 Å². The molecular formula is C10H15NS2. The molecule has 0 amide bonds. The molecule has 1 unspecified atom stereocenters. The van der Waals surface area contributed by atoms with E-state index in [0.717, 1.165) is 13.0 Å². The first-order valence-corrected chi connectivity index (χ1v) is 6.63. The van der Waals surface area contributed by atoms with Crippen LogP contribution < -0.4 is 5.73 Å². The zero-order chi connectivity index (χ0) is 9.15. The summed E-state index contributed by atoms with van der Waals surface area (Å²) in [4.78, 5) is 0. The zero-order valence-corrected chi connectivity index (χ0v) is 9.29. The average molecular weight is 213 g/mol. The average Bonchev–Trinajstić information content (AvgIpc) is 2.77. The number of thioether (sulfide) groups is 1. The van der Waals surface area contributed by atoms with Crippen LogP contribution in [0.15, 0.2) is 16.8 Å². The number of nitrogens with two attached hydrogens (primary N) is 1. The lowest BCUT2D eigenvalue weighted by Gasteiger charge is -2.25. The number of thiophene rings is 1. The van der Waals surface area contributed by atoms with E-state index >= 15 is 0 Å². The van der Waals surface area contributed by atoms with Crippen LogP contribution in [0.1, 0.15) is 18.4 Å². The van der Waals surface area contributed by atoms with Crippen LogP contribution in [0.2, 0.25) is 0 Å². The first-order valence-electron chi connectivity index (χ1n) is 4.70. The molecule has 1 fully saturated rings. The van der Waals surface area contributed by atoms with E-state index in [1.54, 1.807) is 11.3 Å². The molecule has 2 rings (SSSR count). The van der Waals surface area contributed by atoms with Crippen LogP contribution in [0.25, 0.3) is 0 Å². The molecule has 13 heavy (non-hydrogen) atoms. The molecule has 0 aromatic carbocycles. The maximum absolute atomic E-state index is 5.87. The summed E-state index contributed by atoms with van der Waals surface area (Å²) in [7, 11) is 0. The lowest BCUT2D eigenvalue weighted by Crippen LogP contribution is -2.33. The minimum atomic E-state index is 0.362. The van der Waals surface area contributed by atoms with Gasteiger partial charge < -0.3 is 5.73 Å². The predicted octanol–water partition coefficient (Wildman–Crippen LogP) is 2.52. The van der Waals surface area contributed by atoms with Crippen molar-refractivity contribution < 1.29 is 0 Å². The zero-order valence-electron chi connectivity index (χ0n) is 7.66. The van der Waals surface area contributed by atoms with Crippen molar-refractivity contribution in [1.29, 1.82) is 0 Å². The minimum Gasteiger partial charge on any atom is -0.329 e. The summed E-state index contributed by atoms with van der Waals surface area (Å²) >= 11 is 3.85. The summed E-state index contributed by atoms with van der Waals surface area (Å²) in [5.74, 6) is 1.29. The summed E-state index contributed by atoms with van der Waals surface area (Å²) < 4.78 is 0.362. The molecule has 2 heterocycles. The van der Waals surface area contributed by atoms with Crippen LogP contribution in [-0.4, -0.2) is 17.0 Å². The largest absolute Gasteiger partial charge is 0.329 e. The molecule has 1 saturated heterocycles. The van der Waals surface area contributed by atoms with Crippen LogP contribution >= 0.6 is 23.1 Å². The van der Waals surface area contributed by atoms with Crippen molar-refractivity contribution in [3.05, 3.63) is 22.4 Å². The van der Waals surface area contributed by atoms with Crippen molar-refractivity contribution in [1.82, 2.24) is 0 Å². The van der Waals surface area contributed by atoms with Gasteiger partial charge in [-0.1, -0.05) is 0 Å². The summed E-state index contributed by atoms with van der Waals surface area (Å²) in [6.45, 7) is 0.827. The smallest absolute Gasteiger partial charge is 0.0323 e. The second-order valence-corrected chi connectivity index (χ2v) is 5.99. The van der Waals surface area contributed by atoms with Crippen LogP contribution in [0, 0.1) is 0 Å². The summed E-state index contributed by atoms with van der Waals surface area (Å²) in [6, 6.07) is 2.22. The molecule has 1 aromatic heterocycles. The van der Waals surface area contributed by atoms with Crippen molar-refractivity contribution >= 4 is 23.1 Å². The molecule has 0 saturated carbocycles. The highest BCUT2D eigenvalue weighted by Gasteiger charge is 2.33. The fourth-order valence-electron chi connectivity index (χ4n) is 1.89. The third-order valence-corrected chi connectivity index (χ3v) is 5.02. The second-order valence-electron chi connectivity index (χ2n) is 3.65. The Kier molecular flexibility index (Phi) is 2.96. The van der Waals surface area contributed by atoms with Gasteiger partial charge in [-0.05, 0) is 47.4 Å². The Morgan fingerprint density at radius 3 is 3.00 bits per heavy atom. The second kappa shape index (κ2) is 4.03. The van der Waals surface area contributed by atoms with E-state index in [1.807, 2.05) is 0 Å². The third kappa shape index (κ3) is 2.09. The molecule has 1 aromatic rings. The Labute approximate surface area is 87.7 Å².